The minimum atomic E-state index is -0.470. The molecule has 0 spiro atoms. The van der Waals surface area contributed by atoms with Crippen molar-refractivity contribution >= 4 is 17.9 Å². The van der Waals surface area contributed by atoms with Crippen LogP contribution in [-0.4, -0.2) is 60.6 Å². The summed E-state index contributed by atoms with van der Waals surface area (Å²) in [6.07, 6.45) is 4.12. The first-order valence-electron chi connectivity index (χ1n) is 7.81. The fourth-order valence-corrected chi connectivity index (χ4v) is 2.53. The zero-order chi connectivity index (χ0) is 16.5. The van der Waals surface area contributed by atoms with E-state index in [1.165, 1.54) is 0 Å². The molecule has 1 aliphatic heterocycles. The Morgan fingerprint density at radius 2 is 2.17 bits per heavy atom. The van der Waals surface area contributed by atoms with Crippen LogP contribution < -0.4 is 10.6 Å². The van der Waals surface area contributed by atoms with Crippen molar-refractivity contribution in [2.45, 2.75) is 12.5 Å². The summed E-state index contributed by atoms with van der Waals surface area (Å²) in [5.41, 5.74) is 1.10. The molecule has 6 heteroatoms. The van der Waals surface area contributed by atoms with E-state index in [4.69, 9.17) is 5.11 Å². The number of rotatable bonds is 7. The van der Waals surface area contributed by atoms with E-state index in [2.05, 4.69) is 10.6 Å². The van der Waals surface area contributed by atoms with Crippen molar-refractivity contribution in [3.63, 3.8) is 0 Å². The van der Waals surface area contributed by atoms with Crippen LogP contribution in [0.2, 0.25) is 0 Å². The van der Waals surface area contributed by atoms with Crippen molar-refractivity contribution in [1.29, 1.82) is 0 Å². The number of carbonyl (C=O) groups excluding carboxylic acids is 2. The molecule has 6 nitrogen and oxygen atoms in total. The highest BCUT2D eigenvalue weighted by Crippen LogP contribution is 2.10. The zero-order valence-electron chi connectivity index (χ0n) is 13.1. The lowest BCUT2D eigenvalue weighted by atomic mass is 10.1. The second kappa shape index (κ2) is 9.07. The van der Waals surface area contributed by atoms with E-state index in [0.29, 0.717) is 19.6 Å². The van der Waals surface area contributed by atoms with Gasteiger partial charge in [0.15, 0.2) is 0 Å². The van der Waals surface area contributed by atoms with Gasteiger partial charge in [0.05, 0.1) is 19.1 Å². The summed E-state index contributed by atoms with van der Waals surface area (Å²) in [7, 11) is 0. The van der Waals surface area contributed by atoms with Crippen molar-refractivity contribution in [2.24, 2.45) is 0 Å². The fourth-order valence-electron chi connectivity index (χ4n) is 2.53. The van der Waals surface area contributed by atoms with Gasteiger partial charge in [0.25, 0.3) is 0 Å². The summed E-state index contributed by atoms with van der Waals surface area (Å²) in [4.78, 5) is 25.8. The largest absolute Gasteiger partial charge is 0.395 e. The maximum atomic E-state index is 12.0. The van der Waals surface area contributed by atoms with Crippen LogP contribution in [0.15, 0.2) is 36.4 Å². The highest BCUT2D eigenvalue weighted by molar-refractivity contribution is 5.88. The van der Waals surface area contributed by atoms with E-state index in [1.54, 1.807) is 0 Å². The van der Waals surface area contributed by atoms with Crippen molar-refractivity contribution in [2.75, 3.05) is 32.8 Å². The second-order valence-electron chi connectivity index (χ2n) is 5.39. The maximum Gasteiger partial charge on any atom is 0.237 e. The Morgan fingerprint density at radius 1 is 1.39 bits per heavy atom. The van der Waals surface area contributed by atoms with Gasteiger partial charge >= 0.3 is 0 Å². The van der Waals surface area contributed by atoms with Crippen LogP contribution in [0.5, 0.6) is 0 Å². The number of amides is 2. The Kier molecular flexibility index (Phi) is 6.77. The molecule has 124 valence electrons. The SMILES string of the molecule is O=C(C[C@@H]1C(=O)NCCN1C/C=C/c1ccccc1)NCCO. The molecule has 0 saturated carbocycles. The standard InChI is InChI=1S/C17H23N3O3/c21-12-9-18-16(22)13-15-17(23)19-8-11-20(15)10-4-7-14-5-2-1-3-6-14/h1-7,15,21H,8-13H2,(H,18,22)(H,19,23)/b7-4+/t15-/m1/s1. The molecular formula is C17H23N3O3. The number of nitrogens with one attached hydrogen (secondary N) is 2. The number of aliphatic hydroxyl groups is 1. The molecule has 1 heterocycles. The highest BCUT2D eigenvalue weighted by Gasteiger charge is 2.30. The van der Waals surface area contributed by atoms with Gasteiger partial charge in [-0.1, -0.05) is 42.5 Å². The van der Waals surface area contributed by atoms with Crippen LogP contribution in [0.3, 0.4) is 0 Å². The van der Waals surface area contributed by atoms with Crippen LogP contribution in [0, 0.1) is 0 Å². The predicted molar refractivity (Wildman–Crippen MR) is 88.6 cm³/mol. The van der Waals surface area contributed by atoms with Gasteiger partial charge in [0, 0.05) is 26.2 Å². The zero-order valence-corrected chi connectivity index (χ0v) is 13.1. The van der Waals surface area contributed by atoms with E-state index in [1.807, 2.05) is 47.4 Å². The Bertz CT molecular complexity index is 545. The summed E-state index contributed by atoms with van der Waals surface area (Å²) in [6, 6.07) is 9.47. The summed E-state index contributed by atoms with van der Waals surface area (Å²) in [5, 5.41) is 14.1. The Morgan fingerprint density at radius 3 is 2.91 bits per heavy atom. The molecule has 1 aliphatic rings. The molecule has 2 amide bonds. The summed E-state index contributed by atoms with van der Waals surface area (Å²) in [5.74, 6) is -0.346. The smallest absolute Gasteiger partial charge is 0.237 e. The van der Waals surface area contributed by atoms with Gasteiger partial charge in [-0.15, -0.1) is 0 Å². The van der Waals surface area contributed by atoms with Crippen molar-refractivity contribution in [3.05, 3.63) is 42.0 Å². The number of hydrogen-bond donors (Lipinski definition) is 3. The molecule has 3 N–H and O–H groups in total. The normalized spacial score (nSPS) is 18.8. The summed E-state index contributed by atoms with van der Waals surface area (Å²) < 4.78 is 0. The van der Waals surface area contributed by atoms with Gasteiger partial charge in [-0.25, -0.2) is 0 Å². The average molecular weight is 317 g/mol. The van der Waals surface area contributed by atoms with E-state index in [-0.39, 0.29) is 31.4 Å². The lowest BCUT2D eigenvalue weighted by molar-refractivity contribution is -0.133. The number of benzene rings is 1. The van der Waals surface area contributed by atoms with Gasteiger partial charge in [0.2, 0.25) is 11.8 Å². The average Bonchev–Trinajstić information content (AvgIpc) is 2.57. The van der Waals surface area contributed by atoms with E-state index in [0.717, 1.165) is 5.56 Å². The van der Waals surface area contributed by atoms with Crippen LogP contribution in [0.25, 0.3) is 6.08 Å². The third-order valence-corrected chi connectivity index (χ3v) is 3.70. The van der Waals surface area contributed by atoms with Crippen LogP contribution in [0.4, 0.5) is 0 Å². The molecule has 0 bridgehead atoms. The predicted octanol–water partition coefficient (Wildman–Crippen LogP) is -0.00120. The minimum absolute atomic E-state index is 0.102. The molecule has 1 aromatic rings. The molecule has 0 aromatic heterocycles. The summed E-state index contributed by atoms with van der Waals surface area (Å²) >= 11 is 0. The number of aliphatic hydroxyl groups excluding tert-OH is 1. The van der Waals surface area contributed by atoms with E-state index in [9.17, 15) is 9.59 Å². The molecule has 1 fully saturated rings. The van der Waals surface area contributed by atoms with Crippen LogP contribution >= 0.6 is 0 Å². The molecule has 1 atom stereocenters. The van der Waals surface area contributed by atoms with Crippen molar-refractivity contribution in [1.82, 2.24) is 15.5 Å². The second-order valence-corrected chi connectivity index (χ2v) is 5.39. The number of hydrogen-bond acceptors (Lipinski definition) is 4. The first-order valence-corrected chi connectivity index (χ1v) is 7.81. The number of piperazine rings is 1. The monoisotopic (exact) mass is 317 g/mol. The molecule has 2 rings (SSSR count). The van der Waals surface area contributed by atoms with Crippen LogP contribution in [0.1, 0.15) is 12.0 Å². The van der Waals surface area contributed by atoms with Gasteiger partial charge in [-0.3, -0.25) is 14.5 Å². The van der Waals surface area contributed by atoms with Crippen LogP contribution in [-0.2, 0) is 9.59 Å². The van der Waals surface area contributed by atoms with Crippen molar-refractivity contribution in [3.8, 4) is 0 Å². The van der Waals surface area contributed by atoms with Gasteiger partial charge < -0.3 is 15.7 Å². The minimum Gasteiger partial charge on any atom is -0.395 e. The number of carbonyl (C=O) groups is 2. The topological polar surface area (TPSA) is 81.7 Å². The van der Waals surface area contributed by atoms with E-state index < -0.39 is 6.04 Å². The molecule has 1 aromatic carbocycles. The Hall–Kier alpha value is -2.18. The van der Waals surface area contributed by atoms with Gasteiger partial charge in [-0.2, -0.15) is 0 Å². The molecule has 1 saturated heterocycles. The molecule has 0 radical (unpaired) electrons. The Labute approximate surface area is 136 Å². The maximum absolute atomic E-state index is 12.0. The first kappa shape index (κ1) is 17.2. The van der Waals surface area contributed by atoms with E-state index >= 15 is 0 Å². The third kappa shape index (κ3) is 5.50. The lowest BCUT2D eigenvalue weighted by Crippen LogP contribution is -2.56. The van der Waals surface area contributed by atoms with Gasteiger partial charge in [-0.05, 0) is 5.56 Å². The fraction of sp³-hybridized carbons (Fsp3) is 0.412. The molecule has 23 heavy (non-hydrogen) atoms. The van der Waals surface area contributed by atoms with Crippen molar-refractivity contribution < 1.29 is 14.7 Å². The Balaban J connectivity index is 1.92. The highest BCUT2D eigenvalue weighted by atomic mass is 16.3. The lowest BCUT2D eigenvalue weighted by Gasteiger charge is -2.33. The molecule has 0 unspecified atom stereocenters. The summed E-state index contributed by atoms with van der Waals surface area (Å²) in [6.45, 7) is 2.02. The number of nitrogens with zero attached hydrogens (tertiary/aromatic N) is 1. The molecular weight excluding hydrogens is 294 g/mol. The molecule has 0 aliphatic carbocycles. The quantitative estimate of drug-likeness (QED) is 0.661. The third-order valence-electron chi connectivity index (χ3n) is 3.70. The van der Waals surface area contributed by atoms with Gasteiger partial charge in [0.1, 0.15) is 0 Å². The first-order chi connectivity index (χ1) is 11.2.